The predicted molar refractivity (Wildman–Crippen MR) is 228 cm³/mol. The van der Waals surface area contributed by atoms with Gasteiger partial charge < -0.3 is 23.7 Å². The van der Waals surface area contributed by atoms with Crippen LogP contribution in [-0.4, -0.2) is 84.4 Å². The number of esters is 1. The van der Waals surface area contributed by atoms with Gasteiger partial charge in [0.05, 0.1) is 40.1 Å². The Bertz CT molecular complexity index is 2430. The van der Waals surface area contributed by atoms with Gasteiger partial charge in [0, 0.05) is 23.2 Å². The minimum Gasteiger partial charge on any atom is -0.465 e. The zero-order valence-corrected chi connectivity index (χ0v) is 37.5. The van der Waals surface area contributed by atoms with E-state index in [9.17, 15) is 24.0 Å². The number of pyridine rings is 1. The van der Waals surface area contributed by atoms with Crippen LogP contribution in [0.5, 0.6) is 0 Å². The van der Waals surface area contributed by atoms with E-state index in [1.165, 1.54) is 19.2 Å². The maximum atomic E-state index is 14.0. The second-order valence-electron chi connectivity index (χ2n) is 17.8. The molecule has 18 heteroatoms. The molecule has 0 unspecified atom stereocenters. The highest BCUT2D eigenvalue weighted by Gasteiger charge is 2.39. The van der Waals surface area contributed by atoms with Gasteiger partial charge in [0.2, 0.25) is 5.95 Å². The molecule has 3 heterocycles. The van der Waals surface area contributed by atoms with Gasteiger partial charge in [-0.25, -0.2) is 33.9 Å². The largest absolute Gasteiger partial charge is 0.465 e. The van der Waals surface area contributed by atoms with Gasteiger partial charge >= 0.3 is 30.3 Å². The number of hydrogen-bond donors (Lipinski definition) is 0. The highest BCUT2D eigenvalue weighted by molar-refractivity contribution is 6.35. The molecule has 0 aliphatic heterocycles. The summed E-state index contributed by atoms with van der Waals surface area (Å²) < 4.78 is 29.5. The van der Waals surface area contributed by atoms with E-state index in [0.29, 0.717) is 42.8 Å². The van der Waals surface area contributed by atoms with Crippen LogP contribution in [0, 0.1) is 6.92 Å². The second kappa shape index (κ2) is 16.6. The van der Waals surface area contributed by atoms with Crippen molar-refractivity contribution in [3.8, 4) is 16.9 Å². The van der Waals surface area contributed by atoms with E-state index in [1.807, 2.05) is 6.07 Å². The van der Waals surface area contributed by atoms with E-state index in [1.54, 1.807) is 125 Å². The summed E-state index contributed by atoms with van der Waals surface area (Å²) >= 11 is 6.55. The number of aryl methyl sites for hydroxylation is 1. The average Bonchev–Trinajstić information content (AvgIpc) is 3.43. The number of imidazole rings is 1. The van der Waals surface area contributed by atoms with E-state index in [2.05, 4.69) is 15.0 Å². The number of benzene rings is 2. The Morgan fingerprint density at radius 3 is 1.69 bits per heavy atom. The van der Waals surface area contributed by atoms with Gasteiger partial charge in [-0.05, 0) is 114 Å². The van der Waals surface area contributed by atoms with Gasteiger partial charge in [-0.15, -0.1) is 4.90 Å². The van der Waals surface area contributed by atoms with Crippen molar-refractivity contribution in [2.24, 2.45) is 0 Å². The van der Waals surface area contributed by atoms with E-state index in [4.69, 9.17) is 40.3 Å². The number of methoxy groups -OCH3 is 1. The summed E-state index contributed by atoms with van der Waals surface area (Å²) in [6.45, 7) is 20.8. The summed E-state index contributed by atoms with van der Waals surface area (Å²) in [5, 5.41) is 1.09. The number of halogens is 1. The van der Waals surface area contributed by atoms with Crippen molar-refractivity contribution < 1.29 is 47.7 Å². The van der Waals surface area contributed by atoms with Gasteiger partial charge in [-0.1, -0.05) is 23.7 Å². The van der Waals surface area contributed by atoms with Crippen molar-refractivity contribution in [1.82, 2.24) is 24.5 Å². The Balaban J connectivity index is 1.92. The first-order valence-electron chi connectivity index (χ1n) is 19.1. The molecule has 5 aromatic rings. The number of anilines is 2. The molecule has 0 N–H and O–H groups in total. The van der Waals surface area contributed by atoms with Crippen LogP contribution in [0.3, 0.4) is 0 Å². The maximum Gasteiger partial charge on any atom is 0.427 e. The monoisotopic (exact) mass is 859 g/mol. The number of nitrogens with zero attached hydrogens (tertiary/aromatic N) is 7. The standard InChI is InChI=1S/C43H50ClN7O10/c1-23-46-33-26(34(52)57-14)20-24(21-30(33)49(23)29-18-19-45-32-25(29)16-15-17-27(32)44)28-22-31(50(36(53)58-40(2,3)4)37(54)59-41(5,6)7)48-35(47-28)51(38(55)60-42(8,9)10)39(56)61-43(11,12)13/h15-22H,1-14H3. The van der Waals surface area contributed by atoms with E-state index < -0.39 is 64.5 Å². The number of imide groups is 2. The zero-order valence-electron chi connectivity index (χ0n) is 36.7. The Morgan fingerprint density at radius 1 is 0.656 bits per heavy atom. The molecule has 0 fully saturated rings. The molecule has 0 bridgehead atoms. The summed E-state index contributed by atoms with van der Waals surface area (Å²) in [5.41, 5.74) is -2.66. The number of carbonyl (C=O) groups is 5. The van der Waals surface area contributed by atoms with Gasteiger partial charge in [0.1, 0.15) is 33.7 Å². The van der Waals surface area contributed by atoms with Crippen LogP contribution in [0.2, 0.25) is 5.02 Å². The first kappa shape index (κ1) is 45.7. The minimum absolute atomic E-state index is 0.00207. The first-order chi connectivity index (χ1) is 28.1. The summed E-state index contributed by atoms with van der Waals surface area (Å²) in [6.07, 6.45) is -3.31. The number of para-hydroxylation sites is 1. The van der Waals surface area contributed by atoms with E-state index >= 15 is 0 Å². The summed E-state index contributed by atoms with van der Waals surface area (Å²) in [5.74, 6) is -1.45. The van der Waals surface area contributed by atoms with Gasteiger partial charge in [0.15, 0.2) is 5.82 Å². The molecule has 3 aromatic heterocycles. The second-order valence-corrected chi connectivity index (χ2v) is 18.3. The molecular formula is C43H50ClN7O10. The number of amides is 4. The van der Waals surface area contributed by atoms with Crippen LogP contribution >= 0.6 is 11.6 Å². The molecule has 0 saturated heterocycles. The topological polar surface area (TPSA) is 194 Å². The maximum absolute atomic E-state index is 14.0. The number of fused-ring (bicyclic) bond motifs is 2. The summed E-state index contributed by atoms with van der Waals surface area (Å²) in [4.78, 5) is 88.8. The molecule has 17 nitrogen and oxygen atoms in total. The third-order valence-corrected chi connectivity index (χ3v) is 8.31. The molecule has 0 aliphatic rings. The number of carbonyl (C=O) groups excluding carboxylic acids is 5. The smallest absolute Gasteiger partial charge is 0.427 e. The molecule has 61 heavy (non-hydrogen) atoms. The van der Waals surface area contributed by atoms with E-state index in [-0.39, 0.29) is 22.3 Å². The predicted octanol–water partition coefficient (Wildman–Crippen LogP) is 10.1. The van der Waals surface area contributed by atoms with Crippen molar-refractivity contribution in [1.29, 1.82) is 0 Å². The third kappa shape index (κ3) is 10.7. The molecule has 0 saturated carbocycles. The molecule has 4 amide bonds. The van der Waals surface area contributed by atoms with Crippen LogP contribution < -0.4 is 9.80 Å². The fourth-order valence-electron chi connectivity index (χ4n) is 5.85. The highest BCUT2D eigenvalue weighted by atomic mass is 35.5. The van der Waals surface area contributed by atoms with E-state index in [0.717, 1.165) is 0 Å². The summed E-state index contributed by atoms with van der Waals surface area (Å²) in [7, 11) is 1.21. The lowest BCUT2D eigenvalue weighted by Gasteiger charge is -2.29. The van der Waals surface area contributed by atoms with Crippen LogP contribution in [0.15, 0.2) is 48.7 Å². The highest BCUT2D eigenvalue weighted by Crippen LogP contribution is 2.36. The lowest BCUT2D eigenvalue weighted by Crippen LogP contribution is -2.46. The van der Waals surface area contributed by atoms with Crippen LogP contribution in [0.4, 0.5) is 30.9 Å². The van der Waals surface area contributed by atoms with Gasteiger partial charge in [0.25, 0.3) is 0 Å². The fraction of sp³-hybridized carbons (Fsp3) is 0.419. The molecule has 2 aromatic carbocycles. The van der Waals surface area contributed by atoms with Crippen molar-refractivity contribution in [2.75, 3.05) is 16.9 Å². The average molecular weight is 860 g/mol. The Morgan fingerprint density at radius 2 is 1.18 bits per heavy atom. The van der Waals surface area contributed by atoms with Crippen LogP contribution in [0.25, 0.3) is 38.9 Å². The quantitative estimate of drug-likeness (QED) is 0.120. The summed E-state index contributed by atoms with van der Waals surface area (Å²) in [6, 6.07) is 11.4. The number of aromatic nitrogens is 5. The molecule has 5 rings (SSSR count). The van der Waals surface area contributed by atoms with Crippen molar-refractivity contribution in [3.63, 3.8) is 0 Å². The number of ether oxygens (including phenoxy) is 5. The fourth-order valence-corrected chi connectivity index (χ4v) is 6.07. The molecule has 0 spiro atoms. The van der Waals surface area contributed by atoms with Crippen LogP contribution in [0.1, 0.15) is 99.3 Å². The molecular weight excluding hydrogens is 810 g/mol. The normalized spacial score (nSPS) is 12.2. The van der Waals surface area contributed by atoms with Crippen molar-refractivity contribution in [2.45, 2.75) is 112 Å². The SMILES string of the molecule is COC(=O)c1cc(-c2cc(N(C(=O)OC(C)(C)C)C(=O)OC(C)(C)C)nc(N(C(=O)OC(C)(C)C)C(=O)OC(C)(C)C)n2)cc2c1nc(C)n2-c1ccnc2c(Cl)cccc12. The van der Waals surface area contributed by atoms with Crippen LogP contribution in [-0.2, 0) is 23.7 Å². The number of hydrogen-bond acceptors (Lipinski definition) is 14. The number of rotatable bonds is 5. The Kier molecular flexibility index (Phi) is 12.4. The minimum atomic E-state index is -1.24. The van der Waals surface area contributed by atoms with Crippen molar-refractivity contribution >= 4 is 75.6 Å². The zero-order chi connectivity index (χ0) is 45.6. The Hall–Kier alpha value is -6.36. The van der Waals surface area contributed by atoms with Gasteiger partial charge in [-0.3, -0.25) is 9.55 Å². The molecule has 0 aliphatic carbocycles. The van der Waals surface area contributed by atoms with Gasteiger partial charge in [-0.2, -0.15) is 9.88 Å². The molecule has 0 atom stereocenters. The molecule has 324 valence electrons. The lowest BCUT2D eigenvalue weighted by atomic mass is 10.0. The molecule has 0 radical (unpaired) electrons. The first-order valence-corrected chi connectivity index (χ1v) is 19.5. The van der Waals surface area contributed by atoms with Crippen molar-refractivity contribution in [3.05, 3.63) is 65.1 Å². The Labute approximate surface area is 358 Å². The third-order valence-electron chi connectivity index (χ3n) is 8.00. The lowest BCUT2D eigenvalue weighted by molar-refractivity contribution is 0.0410.